The Kier molecular flexibility index (Phi) is 6.69. The van der Waals surface area contributed by atoms with Crippen LogP contribution < -0.4 is 5.32 Å². The third-order valence-electron chi connectivity index (χ3n) is 4.73. The molecule has 2 N–H and O–H groups in total. The van der Waals surface area contributed by atoms with Gasteiger partial charge in [0.15, 0.2) is 5.78 Å². The van der Waals surface area contributed by atoms with Gasteiger partial charge in [-0.05, 0) is 44.4 Å². The number of nitrogens with zero attached hydrogens (tertiary/aromatic N) is 1. The molecule has 1 atom stereocenters. The standard InChI is InChI=1S/C20H26N2O4/c1-4-15-5-7-17(8-6-15)21-19(25)12-16-11-18(14(3)24)13(2)22(9-10-23)20(16)26/h5-8,16,23H,4,9-12H2,1-3H3,(H,21,25). The molecule has 0 saturated carbocycles. The van der Waals surface area contributed by atoms with Gasteiger partial charge < -0.3 is 15.3 Å². The molecule has 1 unspecified atom stereocenters. The number of rotatable bonds is 7. The van der Waals surface area contributed by atoms with Crippen molar-refractivity contribution in [1.82, 2.24) is 4.90 Å². The number of anilines is 1. The van der Waals surface area contributed by atoms with Gasteiger partial charge in [-0.3, -0.25) is 14.4 Å². The van der Waals surface area contributed by atoms with Crippen molar-refractivity contribution in [2.24, 2.45) is 5.92 Å². The molecule has 6 nitrogen and oxygen atoms in total. The topological polar surface area (TPSA) is 86.7 Å². The summed E-state index contributed by atoms with van der Waals surface area (Å²) in [5.41, 5.74) is 2.98. The van der Waals surface area contributed by atoms with Gasteiger partial charge in [0.25, 0.3) is 0 Å². The number of carbonyl (C=O) groups excluding carboxylic acids is 3. The molecule has 26 heavy (non-hydrogen) atoms. The van der Waals surface area contributed by atoms with Gasteiger partial charge in [0.05, 0.1) is 12.5 Å². The Hall–Kier alpha value is -2.47. The Morgan fingerprint density at radius 3 is 2.46 bits per heavy atom. The van der Waals surface area contributed by atoms with Crippen LogP contribution in [-0.4, -0.2) is 40.8 Å². The summed E-state index contributed by atoms with van der Waals surface area (Å²) in [6, 6.07) is 7.57. The number of carbonyl (C=O) groups is 3. The van der Waals surface area contributed by atoms with E-state index in [4.69, 9.17) is 0 Å². The predicted molar refractivity (Wildman–Crippen MR) is 99.4 cm³/mol. The first kappa shape index (κ1) is 19.8. The van der Waals surface area contributed by atoms with Crippen LogP contribution in [0.1, 0.15) is 39.2 Å². The number of Topliss-reactive ketones (excluding diaryl/α,β-unsaturated/α-hetero) is 1. The SMILES string of the molecule is CCc1ccc(NC(=O)CC2CC(C(C)=O)=C(C)N(CCO)C2=O)cc1. The van der Waals surface area contributed by atoms with Crippen LogP contribution in [0.25, 0.3) is 0 Å². The summed E-state index contributed by atoms with van der Waals surface area (Å²) in [6.07, 6.45) is 1.18. The van der Waals surface area contributed by atoms with Gasteiger partial charge in [-0.15, -0.1) is 0 Å². The second-order valence-electron chi connectivity index (χ2n) is 6.54. The maximum atomic E-state index is 12.7. The van der Waals surface area contributed by atoms with Crippen LogP contribution in [0.3, 0.4) is 0 Å². The lowest BCUT2D eigenvalue weighted by Gasteiger charge is -2.33. The van der Waals surface area contributed by atoms with Crippen LogP contribution in [0.4, 0.5) is 5.69 Å². The second kappa shape index (κ2) is 8.76. The average molecular weight is 358 g/mol. The number of amides is 2. The number of β-amino-alcohol motifs (C(OH)–C–C–N with tert-alkyl or cyclic N) is 1. The van der Waals surface area contributed by atoms with Gasteiger partial charge in [-0.2, -0.15) is 0 Å². The van der Waals surface area contributed by atoms with Crippen molar-refractivity contribution in [3.05, 3.63) is 41.1 Å². The van der Waals surface area contributed by atoms with Gasteiger partial charge >= 0.3 is 0 Å². The van der Waals surface area contributed by atoms with E-state index in [-0.39, 0.29) is 43.6 Å². The Morgan fingerprint density at radius 1 is 1.27 bits per heavy atom. The zero-order valence-electron chi connectivity index (χ0n) is 15.5. The molecule has 2 amide bonds. The summed E-state index contributed by atoms with van der Waals surface area (Å²) >= 11 is 0. The average Bonchev–Trinajstić information content (AvgIpc) is 2.61. The zero-order valence-corrected chi connectivity index (χ0v) is 15.5. The van der Waals surface area contributed by atoms with Crippen molar-refractivity contribution >= 4 is 23.3 Å². The number of hydrogen-bond acceptors (Lipinski definition) is 4. The number of allylic oxidation sites excluding steroid dienone is 2. The normalized spacial score (nSPS) is 17.5. The maximum Gasteiger partial charge on any atom is 0.230 e. The van der Waals surface area contributed by atoms with Crippen LogP contribution in [0.5, 0.6) is 0 Å². The summed E-state index contributed by atoms with van der Waals surface area (Å²) in [7, 11) is 0. The Labute approximate surface area is 153 Å². The van der Waals surface area contributed by atoms with E-state index >= 15 is 0 Å². The molecule has 1 aliphatic rings. The molecular formula is C20H26N2O4. The minimum absolute atomic E-state index is 0.000348. The van der Waals surface area contributed by atoms with Gasteiger partial charge in [0, 0.05) is 29.9 Å². The quantitative estimate of drug-likeness (QED) is 0.783. The molecular weight excluding hydrogens is 332 g/mol. The number of hydrogen-bond donors (Lipinski definition) is 2. The predicted octanol–water partition coefficient (Wildman–Crippen LogP) is 2.28. The monoisotopic (exact) mass is 358 g/mol. The van der Waals surface area contributed by atoms with Gasteiger partial charge in [0.2, 0.25) is 11.8 Å². The Bertz CT molecular complexity index is 722. The minimum Gasteiger partial charge on any atom is -0.395 e. The molecule has 0 aromatic heterocycles. The van der Waals surface area contributed by atoms with Crippen LogP contribution in [0, 0.1) is 5.92 Å². The van der Waals surface area contributed by atoms with E-state index in [1.165, 1.54) is 17.4 Å². The highest BCUT2D eigenvalue weighted by Crippen LogP contribution is 2.30. The fraction of sp³-hybridized carbons (Fsp3) is 0.450. The number of aliphatic hydroxyl groups is 1. The third-order valence-corrected chi connectivity index (χ3v) is 4.73. The van der Waals surface area contributed by atoms with Crippen molar-refractivity contribution < 1.29 is 19.5 Å². The molecule has 140 valence electrons. The number of aryl methyl sites for hydroxylation is 1. The highest BCUT2D eigenvalue weighted by atomic mass is 16.3. The molecule has 6 heteroatoms. The molecule has 1 aromatic rings. The van der Waals surface area contributed by atoms with E-state index < -0.39 is 5.92 Å². The smallest absolute Gasteiger partial charge is 0.230 e. The summed E-state index contributed by atoms with van der Waals surface area (Å²) in [6.45, 7) is 5.14. The lowest BCUT2D eigenvalue weighted by atomic mass is 9.87. The van der Waals surface area contributed by atoms with E-state index in [2.05, 4.69) is 12.2 Å². The fourth-order valence-electron chi connectivity index (χ4n) is 3.23. The van der Waals surface area contributed by atoms with E-state index in [0.717, 1.165) is 6.42 Å². The molecule has 1 aromatic carbocycles. The van der Waals surface area contributed by atoms with Crippen molar-refractivity contribution in [3.8, 4) is 0 Å². The highest BCUT2D eigenvalue weighted by Gasteiger charge is 2.35. The Balaban J connectivity index is 2.10. The highest BCUT2D eigenvalue weighted by molar-refractivity contribution is 5.99. The van der Waals surface area contributed by atoms with E-state index in [9.17, 15) is 19.5 Å². The van der Waals surface area contributed by atoms with Crippen LogP contribution >= 0.6 is 0 Å². The second-order valence-corrected chi connectivity index (χ2v) is 6.54. The Morgan fingerprint density at radius 2 is 1.92 bits per heavy atom. The van der Waals surface area contributed by atoms with Crippen molar-refractivity contribution in [2.75, 3.05) is 18.5 Å². The van der Waals surface area contributed by atoms with Gasteiger partial charge in [-0.25, -0.2) is 0 Å². The zero-order chi connectivity index (χ0) is 19.3. The number of ketones is 1. The molecule has 1 heterocycles. The number of benzene rings is 1. The molecule has 0 spiro atoms. The number of aliphatic hydroxyl groups excluding tert-OH is 1. The van der Waals surface area contributed by atoms with Gasteiger partial charge in [-0.1, -0.05) is 19.1 Å². The lowest BCUT2D eigenvalue weighted by Crippen LogP contribution is -2.43. The lowest BCUT2D eigenvalue weighted by molar-refractivity contribution is -0.137. The summed E-state index contributed by atoms with van der Waals surface area (Å²) in [5, 5.41) is 12.0. The summed E-state index contributed by atoms with van der Waals surface area (Å²) in [5.74, 6) is -1.20. The van der Waals surface area contributed by atoms with E-state index in [1.54, 1.807) is 6.92 Å². The molecule has 0 saturated heterocycles. The van der Waals surface area contributed by atoms with Crippen LogP contribution in [0.15, 0.2) is 35.5 Å². The maximum absolute atomic E-state index is 12.7. The fourth-order valence-corrected chi connectivity index (χ4v) is 3.23. The molecule has 1 aliphatic heterocycles. The van der Waals surface area contributed by atoms with E-state index in [1.807, 2.05) is 24.3 Å². The first-order valence-corrected chi connectivity index (χ1v) is 8.89. The van der Waals surface area contributed by atoms with Crippen LogP contribution in [-0.2, 0) is 20.8 Å². The summed E-state index contributed by atoms with van der Waals surface area (Å²) in [4.78, 5) is 38.3. The van der Waals surface area contributed by atoms with Crippen molar-refractivity contribution in [3.63, 3.8) is 0 Å². The van der Waals surface area contributed by atoms with Crippen molar-refractivity contribution in [1.29, 1.82) is 0 Å². The van der Waals surface area contributed by atoms with Gasteiger partial charge in [0.1, 0.15) is 0 Å². The molecule has 2 rings (SSSR count). The molecule has 0 fully saturated rings. The summed E-state index contributed by atoms with van der Waals surface area (Å²) < 4.78 is 0. The first-order chi connectivity index (χ1) is 12.4. The number of nitrogens with one attached hydrogen (secondary N) is 1. The third kappa shape index (κ3) is 4.58. The molecule has 0 radical (unpaired) electrons. The van der Waals surface area contributed by atoms with Crippen molar-refractivity contribution in [2.45, 2.75) is 40.0 Å². The van der Waals surface area contributed by atoms with E-state index in [0.29, 0.717) is 17.0 Å². The minimum atomic E-state index is -0.598. The largest absolute Gasteiger partial charge is 0.395 e. The molecule has 0 bridgehead atoms. The molecule has 0 aliphatic carbocycles. The van der Waals surface area contributed by atoms with Crippen LogP contribution in [0.2, 0.25) is 0 Å². The first-order valence-electron chi connectivity index (χ1n) is 8.89.